The average Bonchev–Trinajstić information content (AvgIpc) is 3.18. The van der Waals surface area contributed by atoms with E-state index < -0.39 is 35.7 Å². The molecule has 0 radical (unpaired) electrons. The van der Waals surface area contributed by atoms with Gasteiger partial charge in [0.25, 0.3) is 0 Å². The Hall–Kier alpha value is -3.65. The van der Waals surface area contributed by atoms with Gasteiger partial charge in [-0.2, -0.15) is 5.26 Å². The summed E-state index contributed by atoms with van der Waals surface area (Å²) in [6.45, 7) is 7.87. The maximum atomic E-state index is 13.7. The zero-order valence-electron chi connectivity index (χ0n) is 22.8. The Balaban J connectivity index is 1.31. The van der Waals surface area contributed by atoms with Gasteiger partial charge in [-0.05, 0) is 70.6 Å². The van der Waals surface area contributed by atoms with Crippen LogP contribution in [0.1, 0.15) is 68.9 Å². The Morgan fingerprint density at radius 1 is 1.23 bits per heavy atom. The molecule has 1 aromatic rings. The number of ether oxygens (including phenoxy) is 1. The van der Waals surface area contributed by atoms with E-state index in [0.717, 1.165) is 12.0 Å². The van der Waals surface area contributed by atoms with Crippen molar-refractivity contribution in [1.29, 1.82) is 5.26 Å². The molecule has 39 heavy (non-hydrogen) atoms. The van der Waals surface area contributed by atoms with Crippen molar-refractivity contribution < 1.29 is 23.9 Å². The second-order valence-electron chi connectivity index (χ2n) is 12.2. The van der Waals surface area contributed by atoms with Gasteiger partial charge in [0.2, 0.25) is 17.7 Å². The van der Waals surface area contributed by atoms with Gasteiger partial charge in [0.1, 0.15) is 17.7 Å². The quantitative estimate of drug-likeness (QED) is 0.537. The van der Waals surface area contributed by atoms with Crippen molar-refractivity contribution in [2.24, 2.45) is 11.7 Å². The van der Waals surface area contributed by atoms with E-state index in [0.29, 0.717) is 30.9 Å². The fourth-order valence-corrected chi connectivity index (χ4v) is 6.45. The third-order valence-electron chi connectivity index (χ3n) is 8.30. The number of nitrogens with one attached hydrogen (secondary N) is 1. The second-order valence-corrected chi connectivity index (χ2v) is 12.2. The van der Waals surface area contributed by atoms with E-state index in [-0.39, 0.29) is 36.5 Å². The number of rotatable bonds is 7. The number of primary amides is 1. The van der Waals surface area contributed by atoms with Crippen LogP contribution in [-0.2, 0) is 14.3 Å². The minimum Gasteiger partial charge on any atom is -0.444 e. The molecule has 1 saturated carbocycles. The Morgan fingerprint density at radius 2 is 1.97 bits per heavy atom. The number of fused-ring (bicyclic) bond motifs is 3. The van der Waals surface area contributed by atoms with Gasteiger partial charge in [0, 0.05) is 30.7 Å². The predicted octanol–water partition coefficient (Wildman–Crippen LogP) is 1.54. The number of carbonyl (C=O) groups is 4. The fourth-order valence-electron chi connectivity index (χ4n) is 6.45. The van der Waals surface area contributed by atoms with E-state index in [9.17, 15) is 24.4 Å². The summed E-state index contributed by atoms with van der Waals surface area (Å²) >= 11 is 0. The van der Waals surface area contributed by atoms with Gasteiger partial charge in [-0.1, -0.05) is 12.1 Å². The molecule has 2 bridgehead atoms. The normalized spacial score (nSPS) is 29.0. The van der Waals surface area contributed by atoms with Crippen LogP contribution in [0.4, 0.5) is 4.79 Å². The highest BCUT2D eigenvalue weighted by molar-refractivity contribution is 5.93. The zero-order chi connectivity index (χ0) is 28.2. The SMILES string of the molecule is C[C@@H](c1cccc(C(N)=O)c1)N1C(=O)C2C[C@H]1CN2CC(NC(=O)OC(C)(C)C)C(=O)N1C(C#N)CC2CC21. The van der Waals surface area contributed by atoms with Gasteiger partial charge in [-0.25, -0.2) is 4.79 Å². The standard InChI is InChI=1S/C28H36N6O5/c1-15(16-6-5-7-17(8-16)24(30)35)33-20-11-23(26(33)37)32(13-20)14-21(31-27(38)39-28(2,3)4)25(36)34-19(12-29)9-18-10-22(18)34/h5-8,15,18-23H,9-11,13-14H2,1-4H3,(H2,30,35)(H,31,38)/t15-,18?,19?,20-,21?,22?,23?/m0/s1. The molecule has 3 N–H and O–H groups in total. The van der Waals surface area contributed by atoms with E-state index in [1.54, 1.807) is 43.9 Å². The summed E-state index contributed by atoms with van der Waals surface area (Å²) in [5.74, 6) is -0.536. The number of nitrogens with two attached hydrogens (primary N) is 1. The first-order valence-corrected chi connectivity index (χ1v) is 13.5. The molecule has 3 saturated heterocycles. The smallest absolute Gasteiger partial charge is 0.408 e. The first-order valence-electron chi connectivity index (χ1n) is 13.5. The van der Waals surface area contributed by atoms with E-state index in [1.165, 1.54) is 0 Å². The Bertz CT molecular complexity index is 1240. The Labute approximate surface area is 228 Å². The van der Waals surface area contributed by atoms with Crippen molar-refractivity contribution in [1.82, 2.24) is 20.0 Å². The Morgan fingerprint density at radius 3 is 2.62 bits per heavy atom. The summed E-state index contributed by atoms with van der Waals surface area (Å²) in [6, 6.07) is 7.07. The van der Waals surface area contributed by atoms with Crippen LogP contribution >= 0.6 is 0 Å². The molecular formula is C28H36N6O5. The predicted molar refractivity (Wildman–Crippen MR) is 140 cm³/mol. The molecule has 3 heterocycles. The molecule has 7 atom stereocenters. The van der Waals surface area contributed by atoms with Crippen molar-refractivity contribution in [2.45, 2.75) is 88.8 Å². The molecule has 208 valence electrons. The number of likely N-dealkylation sites (tertiary alicyclic amines) is 3. The summed E-state index contributed by atoms with van der Waals surface area (Å²) in [6.07, 6.45) is 1.44. The molecule has 5 unspecified atom stereocenters. The average molecular weight is 537 g/mol. The summed E-state index contributed by atoms with van der Waals surface area (Å²) in [7, 11) is 0. The molecule has 11 nitrogen and oxygen atoms in total. The second kappa shape index (κ2) is 9.83. The molecular weight excluding hydrogens is 500 g/mol. The van der Waals surface area contributed by atoms with Crippen LogP contribution < -0.4 is 11.1 Å². The first kappa shape index (κ1) is 26.9. The van der Waals surface area contributed by atoms with Gasteiger partial charge < -0.3 is 25.6 Å². The summed E-state index contributed by atoms with van der Waals surface area (Å²) in [5, 5.41) is 12.4. The van der Waals surface area contributed by atoms with Crippen LogP contribution in [0.25, 0.3) is 0 Å². The molecule has 4 amide bonds. The number of carbonyl (C=O) groups excluding carboxylic acids is 4. The van der Waals surface area contributed by atoms with Crippen LogP contribution in [0.15, 0.2) is 24.3 Å². The maximum absolute atomic E-state index is 13.7. The number of benzene rings is 1. The van der Waals surface area contributed by atoms with E-state index in [1.807, 2.05) is 22.8 Å². The highest BCUT2D eigenvalue weighted by atomic mass is 16.6. The number of piperazine rings is 1. The van der Waals surface area contributed by atoms with E-state index in [2.05, 4.69) is 11.4 Å². The highest BCUT2D eigenvalue weighted by Crippen LogP contribution is 2.48. The van der Waals surface area contributed by atoms with E-state index >= 15 is 0 Å². The van der Waals surface area contributed by atoms with Crippen LogP contribution in [0.5, 0.6) is 0 Å². The van der Waals surface area contributed by atoms with Gasteiger partial charge in [0.15, 0.2) is 0 Å². The monoisotopic (exact) mass is 536 g/mol. The van der Waals surface area contributed by atoms with Crippen molar-refractivity contribution >= 4 is 23.8 Å². The first-order chi connectivity index (χ1) is 18.4. The number of amides is 4. The minimum absolute atomic E-state index is 0.0363. The van der Waals surface area contributed by atoms with Crippen molar-refractivity contribution in [2.75, 3.05) is 13.1 Å². The third kappa shape index (κ3) is 5.17. The van der Waals surface area contributed by atoms with Gasteiger partial charge in [-0.15, -0.1) is 0 Å². The lowest BCUT2D eigenvalue weighted by atomic mass is 10.0. The number of nitriles is 1. The Kier molecular flexibility index (Phi) is 6.79. The summed E-state index contributed by atoms with van der Waals surface area (Å²) < 4.78 is 5.43. The number of hydrogen-bond donors (Lipinski definition) is 2. The largest absolute Gasteiger partial charge is 0.444 e. The molecule has 0 spiro atoms. The lowest BCUT2D eigenvalue weighted by Crippen LogP contribution is -2.59. The summed E-state index contributed by atoms with van der Waals surface area (Å²) in [4.78, 5) is 57.0. The molecule has 11 heteroatoms. The summed E-state index contributed by atoms with van der Waals surface area (Å²) in [5.41, 5.74) is 5.92. The molecule has 4 fully saturated rings. The topological polar surface area (TPSA) is 149 Å². The van der Waals surface area contributed by atoms with Gasteiger partial charge in [-0.3, -0.25) is 19.3 Å². The highest BCUT2D eigenvalue weighted by Gasteiger charge is 2.56. The van der Waals surface area contributed by atoms with E-state index in [4.69, 9.17) is 10.5 Å². The molecule has 4 aliphatic rings. The number of alkyl carbamates (subject to hydrolysis) is 1. The van der Waals surface area contributed by atoms with Gasteiger partial charge >= 0.3 is 6.09 Å². The van der Waals surface area contributed by atoms with Crippen molar-refractivity contribution in [3.8, 4) is 6.07 Å². The van der Waals surface area contributed by atoms with Gasteiger partial charge in [0.05, 0.1) is 18.2 Å². The minimum atomic E-state index is -0.944. The zero-order valence-corrected chi connectivity index (χ0v) is 22.8. The lowest BCUT2D eigenvalue weighted by molar-refractivity contribution is -0.141. The molecule has 1 aliphatic carbocycles. The molecule has 5 rings (SSSR count). The van der Waals surface area contributed by atoms with Crippen LogP contribution in [0.2, 0.25) is 0 Å². The molecule has 3 aliphatic heterocycles. The van der Waals surface area contributed by atoms with Crippen molar-refractivity contribution in [3.63, 3.8) is 0 Å². The van der Waals surface area contributed by atoms with Crippen molar-refractivity contribution in [3.05, 3.63) is 35.4 Å². The number of hydrogen-bond acceptors (Lipinski definition) is 7. The lowest BCUT2D eigenvalue weighted by Gasteiger charge is -2.39. The number of piperidine rings is 1. The van der Waals surface area contributed by atoms with Crippen LogP contribution in [0, 0.1) is 17.2 Å². The van der Waals surface area contributed by atoms with Crippen LogP contribution in [-0.4, -0.2) is 87.4 Å². The van der Waals surface area contributed by atoms with Crippen LogP contribution in [0.3, 0.4) is 0 Å². The fraction of sp³-hybridized carbons (Fsp3) is 0.607. The molecule has 0 aromatic heterocycles. The third-order valence-corrected chi connectivity index (χ3v) is 8.30. The maximum Gasteiger partial charge on any atom is 0.408 e. The number of nitrogens with zero attached hydrogens (tertiary/aromatic N) is 4. The molecule has 1 aromatic carbocycles.